The highest BCUT2D eigenvalue weighted by Gasteiger charge is 2.22. The summed E-state index contributed by atoms with van der Waals surface area (Å²) in [5.41, 5.74) is 1.93. The second-order valence-electron chi connectivity index (χ2n) is 6.84. The van der Waals surface area contributed by atoms with Gasteiger partial charge in [-0.25, -0.2) is 0 Å². The van der Waals surface area contributed by atoms with Crippen LogP contribution in [0.4, 0.5) is 0 Å². The lowest BCUT2D eigenvalue weighted by atomic mass is 10.1. The summed E-state index contributed by atoms with van der Waals surface area (Å²) in [6.07, 6.45) is 2.19. The molecule has 0 unspecified atom stereocenters. The second-order valence-corrected chi connectivity index (χ2v) is 6.84. The number of aryl methyl sites for hydroxylation is 1. The number of piperazine rings is 1. The average molecular weight is 343 g/mol. The fraction of sp³-hybridized carbons (Fsp3) is 0.556. The van der Waals surface area contributed by atoms with E-state index in [-0.39, 0.29) is 11.8 Å². The molecule has 134 valence electrons. The number of carbonyl (C=O) groups excluding carboxylic acids is 1. The van der Waals surface area contributed by atoms with Gasteiger partial charge in [0.15, 0.2) is 5.82 Å². The van der Waals surface area contributed by atoms with Gasteiger partial charge in [-0.1, -0.05) is 25.1 Å². The average Bonchev–Trinajstić information content (AvgIpc) is 3.06. The van der Waals surface area contributed by atoms with Gasteiger partial charge in [-0.3, -0.25) is 14.7 Å². The Balaban J connectivity index is 1.47. The summed E-state index contributed by atoms with van der Waals surface area (Å²) in [6, 6.07) is 3.91. The zero-order valence-corrected chi connectivity index (χ0v) is 15.1. The van der Waals surface area contributed by atoms with Gasteiger partial charge in [0.2, 0.25) is 11.8 Å². The van der Waals surface area contributed by atoms with Crippen LogP contribution in [0.1, 0.15) is 42.7 Å². The molecule has 2 aromatic heterocycles. The molecule has 2 aromatic rings. The van der Waals surface area contributed by atoms with Crippen LogP contribution in [0.5, 0.6) is 0 Å². The number of aromatic nitrogens is 3. The summed E-state index contributed by atoms with van der Waals surface area (Å²) >= 11 is 0. The molecule has 1 aliphatic heterocycles. The van der Waals surface area contributed by atoms with Crippen LogP contribution in [-0.2, 0) is 17.8 Å². The molecule has 0 spiro atoms. The number of nitrogens with zero attached hydrogens (tertiary/aromatic N) is 5. The van der Waals surface area contributed by atoms with Gasteiger partial charge in [0, 0.05) is 44.0 Å². The third kappa shape index (κ3) is 4.63. The minimum atomic E-state index is 0.158. The monoisotopic (exact) mass is 343 g/mol. The van der Waals surface area contributed by atoms with Crippen molar-refractivity contribution < 1.29 is 9.32 Å². The van der Waals surface area contributed by atoms with Crippen molar-refractivity contribution in [2.45, 2.75) is 39.7 Å². The van der Waals surface area contributed by atoms with E-state index in [2.05, 4.69) is 20.0 Å². The molecule has 7 nitrogen and oxygen atoms in total. The number of amides is 1. The first-order chi connectivity index (χ1) is 12.0. The van der Waals surface area contributed by atoms with Gasteiger partial charge in [0.1, 0.15) is 0 Å². The Morgan fingerprint density at radius 2 is 2.00 bits per heavy atom. The lowest BCUT2D eigenvalue weighted by molar-refractivity contribution is -0.132. The predicted octanol–water partition coefficient (Wildman–Crippen LogP) is 1.78. The maximum absolute atomic E-state index is 12.4. The third-order valence-corrected chi connectivity index (χ3v) is 4.41. The van der Waals surface area contributed by atoms with Crippen molar-refractivity contribution in [3.05, 3.63) is 41.3 Å². The third-order valence-electron chi connectivity index (χ3n) is 4.41. The lowest BCUT2D eigenvalue weighted by Gasteiger charge is -2.34. The van der Waals surface area contributed by atoms with Crippen molar-refractivity contribution >= 4 is 5.91 Å². The first-order valence-corrected chi connectivity index (χ1v) is 8.75. The molecule has 3 rings (SSSR count). The molecule has 0 aliphatic carbocycles. The SMILES string of the molecule is Cc1ccc(CC(=O)N2CCN(Cc3nc(C(C)C)no3)CC2)cn1. The van der Waals surface area contributed by atoms with E-state index in [9.17, 15) is 4.79 Å². The quantitative estimate of drug-likeness (QED) is 0.824. The lowest BCUT2D eigenvalue weighted by Crippen LogP contribution is -2.48. The highest BCUT2D eigenvalue weighted by Crippen LogP contribution is 2.13. The molecule has 1 saturated heterocycles. The van der Waals surface area contributed by atoms with Gasteiger partial charge >= 0.3 is 0 Å². The molecule has 1 fully saturated rings. The van der Waals surface area contributed by atoms with E-state index in [0.29, 0.717) is 18.9 Å². The maximum Gasteiger partial charge on any atom is 0.240 e. The normalized spacial score (nSPS) is 15.8. The highest BCUT2D eigenvalue weighted by molar-refractivity contribution is 5.78. The van der Waals surface area contributed by atoms with E-state index in [0.717, 1.165) is 43.3 Å². The second kappa shape index (κ2) is 7.74. The first kappa shape index (κ1) is 17.5. The Morgan fingerprint density at radius 3 is 2.60 bits per heavy atom. The van der Waals surface area contributed by atoms with E-state index in [1.807, 2.05) is 37.8 Å². The summed E-state index contributed by atoms with van der Waals surface area (Å²) in [6.45, 7) is 9.76. The largest absolute Gasteiger partial charge is 0.340 e. The molecular weight excluding hydrogens is 318 g/mol. The van der Waals surface area contributed by atoms with Crippen LogP contribution in [0.25, 0.3) is 0 Å². The van der Waals surface area contributed by atoms with Crippen LogP contribution < -0.4 is 0 Å². The first-order valence-electron chi connectivity index (χ1n) is 8.75. The highest BCUT2D eigenvalue weighted by atomic mass is 16.5. The van der Waals surface area contributed by atoms with Gasteiger partial charge in [0.05, 0.1) is 13.0 Å². The van der Waals surface area contributed by atoms with E-state index < -0.39 is 0 Å². The van der Waals surface area contributed by atoms with Crippen molar-refractivity contribution in [2.75, 3.05) is 26.2 Å². The molecule has 0 radical (unpaired) electrons. The molecule has 0 N–H and O–H groups in total. The molecule has 1 amide bonds. The zero-order chi connectivity index (χ0) is 17.8. The standard InChI is InChI=1S/C18H25N5O2/c1-13(2)18-20-16(25-21-18)12-22-6-8-23(9-7-22)17(24)10-15-5-4-14(3)19-11-15/h4-5,11,13H,6-10,12H2,1-3H3. The molecule has 3 heterocycles. The fourth-order valence-corrected chi connectivity index (χ4v) is 2.80. The Labute approximate surface area is 148 Å². The topological polar surface area (TPSA) is 75.4 Å². The van der Waals surface area contributed by atoms with Crippen LogP contribution in [-0.4, -0.2) is 57.0 Å². The molecule has 0 bridgehead atoms. The van der Waals surface area contributed by atoms with Crippen LogP contribution in [0.15, 0.2) is 22.9 Å². The smallest absolute Gasteiger partial charge is 0.240 e. The number of pyridine rings is 1. The van der Waals surface area contributed by atoms with Crippen LogP contribution in [0.3, 0.4) is 0 Å². The van der Waals surface area contributed by atoms with Crippen LogP contribution in [0, 0.1) is 6.92 Å². The maximum atomic E-state index is 12.4. The zero-order valence-electron chi connectivity index (χ0n) is 15.1. The van der Waals surface area contributed by atoms with Crippen molar-refractivity contribution in [1.82, 2.24) is 24.9 Å². The molecule has 25 heavy (non-hydrogen) atoms. The molecular formula is C18H25N5O2. The summed E-state index contributed by atoms with van der Waals surface area (Å²) in [7, 11) is 0. The Bertz CT molecular complexity index is 703. The van der Waals surface area contributed by atoms with Gasteiger partial charge < -0.3 is 9.42 Å². The molecule has 0 saturated carbocycles. The van der Waals surface area contributed by atoms with Gasteiger partial charge in [-0.15, -0.1) is 0 Å². The number of carbonyl (C=O) groups is 1. The minimum Gasteiger partial charge on any atom is -0.340 e. The number of hydrogen-bond donors (Lipinski definition) is 0. The van der Waals surface area contributed by atoms with E-state index in [1.54, 1.807) is 6.20 Å². The summed E-state index contributed by atoms with van der Waals surface area (Å²) in [5, 5.41) is 3.99. The Hall–Kier alpha value is -2.28. The summed E-state index contributed by atoms with van der Waals surface area (Å²) in [4.78, 5) is 25.3. The van der Waals surface area contributed by atoms with Gasteiger partial charge in [-0.2, -0.15) is 4.98 Å². The Morgan fingerprint density at radius 1 is 1.24 bits per heavy atom. The molecule has 0 aromatic carbocycles. The minimum absolute atomic E-state index is 0.158. The molecule has 0 atom stereocenters. The van der Waals surface area contributed by atoms with Crippen molar-refractivity contribution in [2.24, 2.45) is 0 Å². The van der Waals surface area contributed by atoms with E-state index in [1.165, 1.54) is 0 Å². The molecule has 7 heteroatoms. The van der Waals surface area contributed by atoms with Gasteiger partial charge in [-0.05, 0) is 18.6 Å². The van der Waals surface area contributed by atoms with Crippen LogP contribution in [0.2, 0.25) is 0 Å². The van der Waals surface area contributed by atoms with Crippen molar-refractivity contribution in [3.63, 3.8) is 0 Å². The van der Waals surface area contributed by atoms with Crippen LogP contribution >= 0.6 is 0 Å². The van der Waals surface area contributed by atoms with Crippen molar-refractivity contribution in [3.8, 4) is 0 Å². The number of hydrogen-bond acceptors (Lipinski definition) is 6. The van der Waals surface area contributed by atoms with Crippen molar-refractivity contribution in [1.29, 1.82) is 0 Å². The summed E-state index contributed by atoms with van der Waals surface area (Å²) < 4.78 is 5.30. The molecule has 1 aliphatic rings. The van der Waals surface area contributed by atoms with E-state index >= 15 is 0 Å². The summed E-state index contributed by atoms with van der Waals surface area (Å²) in [5.74, 6) is 1.82. The van der Waals surface area contributed by atoms with Gasteiger partial charge in [0.25, 0.3) is 0 Å². The number of rotatable bonds is 5. The Kier molecular flexibility index (Phi) is 5.43. The fourth-order valence-electron chi connectivity index (χ4n) is 2.80. The van der Waals surface area contributed by atoms with E-state index in [4.69, 9.17) is 4.52 Å². The predicted molar refractivity (Wildman–Crippen MR) is 92.9 cm³/mol.